The highest BCUT2D eigenvalue weighted by atomic mass is 16.5. The van der Waals surface area contributed by atoms with E-state index in [1.54, 1.807) is 6.07 Å². The number of likely N-dealkylation sites (tertiary alicyclic amines) is 1. The van der Waals surface area contributed by atoms with Crippen LogP contribution in [0.2, 0.25) is 0 Å². The van der Waals surface area contributed by atoms with Crippen molar-refractivity contribution in [2.45, 2.75) is 25.3 Å². The number of rotatable bonds is 3. The van der Waals surface area contributed by atoms with Gasteiger partial charge in [-0.25, -0.2) is 4.79 Å². The molecule has 1 aliphatic rings. The SMILES string of the molecule is COc1ccc(C(=O)N2CCCCC2C(=O)O)c(O)c1. The molecular formula is C14H17NO5. The van der Waals surface area contributed by atoms with Crippen molar-refractivity contribution in [2.24, 2.45) is 0 Å². The topological polar surface area (TPSA) is 87.1 Å². The second-order valence-corrected chi connectivity index (χ2v) is 4.73. The molecule has 0 radical (unpaired) electrons. The molecule has 1 aliphatic heterocycles. The van der Waals surface area contributed by atoms with Crippen LogP contribution in [0.4, 0.5) is 0 Å². The molecule has 6 heteroatoms. The van der Waals surface area contributed by atoms with Gasteiger partial charge in [-0.05, 0) is 31.4 Å². The smallest absolute Gasteiger partial charge is 0.326 e. The van der Waals surface area contributed by atoms with Crippen molar-refractivity contribution in [1.82, 2.24) is 4.90 Å². The Morgan fingerprint density at radius 2 is 2.10 bits per heavy atom. The Labute approximate surface area is 116 Å². The lowest BCUT2D eigenvalue weighted by Crippen LogP contribution is -2.48. The van der Waals surface area contributed by atoms with Gasteiger partial charge in [0.25, 0.3) is 5.91 Å². The van der Waals surface area contributed by atoms with Gasteiger partial charge < -0.3 is 19.8 Å². The van der Waals surface area contributed by atoms with E-state index in [-0.39, 0.29) is 11.3 Å². The maximum atomic E-state index is 12.4. The lowest BCUT2D eigenvalue weighted by Gasteiger charge is -2.33. The number of carbonyl (C=O) groups is 2. The van der Waals surface area contributed by atoms with Gasteiger partial charge in [-0.3, -0.25) is 4.79 Å². The third-order valence-electron chi connectivity index (χ3n) is 3.48. The number of benzene rings is 1. The van der Waals surface area contributed by atoms with E-state index in [0.717, 1.165) is 12.8 Å². The van der Waals surface area contributed by atoms with Crippen molar-refractivity contribution in [1.29, 1.82) is 0 Å². The van der Waals surface area contributed by atoms with Gasteiger partial charge in [0.05, 0.1) is 12.7 Å². The Bertz CT molecular complexity index is 528. The van der Waals surface area contributed by atoms with E-state index in [4.69, 9.17) is 4.74 Å². The Balaban J connectivity index is 2.27. The lowest BCUT2D eigenvalue weighted by molar-refractivity contribution is -0.143. The zero-order valence-electron chi connectivity index (χ0n) is 11.2. The second kappa shape index (κ2) is 5.81. The average Bonchev–Trinajstić information content (AvgIpc) is 2.46. The van der Waals surface area contributed by atoms with E-state index in [1.165, 1.54) is 24.1 Å². The number of amides is 1. The van der Waals surface area contributed by atoms with Crippen LogP contribution in [0, 0.1) is 0 Å². The predicted molar refractivity (Wildman–Crippen MR) is 71.0 cm³/mol. The van der Waals surface area contributed by atoms with Crippen LogP contribution < -0.4 is 4.74 Å². The number of aliphatic carboxylic acids is 1. The molecule has 20 heavy (non-hydrogen) atoms. The molecule has 0 spiro atoms. The number of hydrogen-bond acceptors (Lipinski definition) is 4. The maximum Gasteiger partial charge on any atom is 0.326 e. The Morgan fingerprint density at radius 3 is 2.70 bits per heavy atom. The normalized spacial score (nSPS) is 18.6. The van der Waals surface area contributed by atoms with Crippen LogP contribution in [0.5, 0.6) is 11.5 Å². The minimum absolute atomic E-state index is 0.0963. The molecule has 2 rings (SSSR count). The summed E-state index contributed by atoms with van der Waals surface area (Å²) in [6.07, 6.45) is 2.00. The van der Waals surface area contributed by atoms with Gasteiger partial charge in [0.2, 0.25) is 0 Å². The van der Waals surface area contributed by atoms with E-state index >= 15 is 0 Å². The molecule has 1 aromatic rings. The summed E-state index contributed by atoms with van der Waals surface area (Å²) in [5, 5.41) is 19.1. The van der Waals surface area contributed by atoms with Gasteiger partial charge in [-0.2, -0.15) is 0 Å². The third kappa shape index (κ3) is 2.68. The first kappa shape index (κ1) is 14.2. The summed E-state index contributed by atoms with van der Waals surface area (Å²) >= 11 is 0. The second-order valence-electron chi connectivity index (χ2n) is 4.73. The van der Waals surface area contributed by atoms with Crippen LogP contribution in [0.25, 0.3) is 0 Å². The first-order chi connectivity index (χ1) is 9.54. The van der Waals surface area contributed by atoms with Gasteiger partial charge in [-0.15, -0.1) is 0 Å². The summed E-state index contributed by atoms with van der Waals surface area (Å²) in [6, 6.07) is 3.53. The quantitative estimate of drug-likeness (QED) is 0.875. The highest BCUT2D eigenvalue weighted by Crippen LogP contribution is 2.27. The summed E-state index contributed by atoms with van der Waals surface area (Å²) in [7, 11) is 1.46. The standard InChI is InChI=1S/C14H17NO5/c1-20-9-5-6-10(12(16)8-9)13(17)15-7-3-2-4-11(15)14(18)19/h5-6,8,11,16H,2-4,7H2,1H3,(H,18,19). The fourth-order valence-corrected chi connectivity index (χ4v) is 2.41. The number of carboxylic acid groups (broad SMARTS) is 1. The number of carboxylic acids is 1. The Kier molecular flexibility index (Phi) is 4.12. The molecule has 2 N–H and O–H groups in total. The summed E-state index contributed by atoms with van der Waals surface area (Å²) in [4.78, 5) is 24.9. The van der Waals surface area contributed by atoms with Gasteiger partial charge >= 0.3 is 5.97 Å². The van der Waals surface area contributed by atoms with E-state index in [0.29, 0.717) is 18.7 Å². The molecule has 6 nitrogen and oxygen atoms in total. The molecular weight excluding hydrogens is 262 g/mol. The summed E-state index contributed by atoms with van der Waals surface area (Å²) in [6.45, 7) is 0.390. The molecule has 0 bridgehead atoms. The summed E-state index contributed by atoms with van der Waals surface area (Å²) in [5.41, 5.74) is 0.0963. The van der Waals surface area contributed by atoms with Crippen LogP contribution in [0.1, 0.15) is 29.6 Å². The largest absolute Gasteiger partial charge is 0.507 e. The number of methoxy groups -OCH3 is 1. The fourth-order valence-electron chi connectivity index (χ4n) is 2.41. The van der Waals surface area contributed by atoms with Crippen LogP contribution in [0.15, 0.2) is 18.2 Å². The van der Waals surface area contributed by atoms with Gasteiger partial charge in [0.1, 0.15) is 17.5 Å². The summed E-state index contributed by atoms with van der Waals surface area (Å²) < 4.78 is 4.96. The molecule has 1 unspecified atom stereocenters. The van der Waals surface area contributed by atoms with Gasteiger partial charge in [0.15, 0.2) is 0 Å². The van der Waals surface area contributed by atoms with Crippen molar-refractivity contribution in [2.75, 3.05) is 13.7 Å². The van der Waals surface area contributed by atoms with E-state index in [9.17, 15) is 19.8 Å². The van der Waals surface area contributed by atoms with E-state index < -0.39 is 17.9 Å². The van der Waals surface area contributed by atoms with Crippen molar-refractivity contribution >= 4 is 11.9 Å². The maximum absolute atomic E-state index is 12.4. The molecule has 0 aliphatic carbocycles. The minimum atomic E-state index is -1.01. The molecule has 1 heterocycles. The number of piperidine rings is 1. The van der Waals surface area contributed by atoms with E-state index in [2.05, 4.69) is 0 Å². The zero-order chi connectivity index (χ0) is 14.7. The molecule has 1 fully saturated rings. The molecule has 0 saturated carbocycles. The van der Waals surface area contributed by atoms with Gasteiger partial charge in [0, 0.05) is 12.6 Å². The van der Waals surface area contributed by atoms with Crippen LogP contribution in [0.3, 0.4) is 0 Å². The Hall–Kier alpha value is -2.24. The number of phenolic OH excluding ortho intramolecular Hbond substituents is 1. The third-order valence-corrected chi connectivity index (χ3v) is 3.48. The monoisotopic (exact) mass is 279 g/mol. The number of ether oxygens (including phenoxy) is 1. The number of hydrogen-bond donors (Lipinski definition) is 2. The molecule has 108 valence electrons. The first-order valence-electron chi connectivity index (χ1n) is 6.45. The number of nitrogens with zero attached hydrogens (tertiary/aromatic N) is 1. The number of phenols is 1. The predicted octanol–water partition coefficient (Wildman–Crippen LogP) is 1.48. The molecule has 1 saturated heterocycles. The summed E-state index contributed by atoms with van der Waals surface area (Å²) in [5.74, 6) is -1.24. The fraction of sp³-hybridized carbons (Fsp3) is 0.429. The highest BCUT2D eigenvalue weighted by molar-refractivity contribution is 5.99. The van der Waals surface area contributed by atoms with Crippen LogP contribution in [-0.4, -0.2) is 46.7 Å². The van der Waals surface area contributed by atoms with E-state index in [1.807, 2.05) is 0 Å². The van der Waals surface area contributed by atoms with Crippen molar-refractivity contribution < 1.29 is 24.5 Å². The van der Waals surface area contributed by atoms with Crippen molar-refractivity contribution in [3.63, 3.8) is 0 Å². The minimum Gasteiger partial charge on any atom is -0.507 e. The van der Waals surface area contributed by atoms with Crippen molar-refractivity contribution in [3.05, 3.63) is 23.8 Å². The first-order valence-corrected chi connectivity index (χ1v) is 6.45. The average molecular weight is 279 g/mol. The lowest BCUT2D eigenvalue weighted by atomic mass is 10.0. The highest BCUT2D eigenvalue weighted by Gasteiger charge is 2.33. The van der Waals surface area contributed by atoms with Crippen molar-refractivity contribution in [3.8, 4) is 11.5 Å². The number of aromatic hydroxyl groups is 1. The number of carbonyl (C=O) groups excluding carboxylic acids is 1. The van der Waals surface area contributed by atoms with Crippen LogP contribution >= 0.6 is 0 Å². The zero-order valence-corrected chi connectivity index (χ0v) is 11.2. The molecule has 1 atom stereocenters. The molecule has 1 aromatic carbocycles. The molecule has 1 amide bonds. The van der Waals surface area contributed by atoms with Crippen LogP contribution in [-0.2, 0) is 4.79 Å². The Morgan fingerprint density at radius 1 is 1.35 bits per heavy atom. The molecule has 0 aromatic heterocycles. The van der Waals surface area contributed by atoms with Gasteiger partial charge in [-0.1, -0.05) is 0 Å².